The third-order valence-corrected chi connectivity index (χ3v) is 6.19. The van der Waals surface area contributed by atoms with Gasteiger partial charge in [0.2, 0.25) is 11.8 Å². The van der Waals surface area contributed by atoms with Gasteiger partial charge in [-0.05, 0) is 55.8 Å². The van der Waals surface area contributed by atoms with Gasteiger partial charge in [0.25, 0.3) is 0 Å². The lowest BCUT2D eigenvalue weighted by Crippen LogP contribution is -2.38. The van der Waals surface area contributed by atoms with Crippen molar-refractivity contribution in [3.8, 4) is 0 Å². The van der Waals surface area contributed by atoms with Crippen LogP contribution in [0.5, 0.6) is 0 Å². The number of hydrogen-bond donors (Lipinski definition) is 4. The first-order valence-electron chi connectivity index (χ1n) is 10.4. The van der Waals surface area contributed by atoms with Crippen molar-refractivity contribution in [2.45, 2.75) is 19.4 Å². The number of nitrogens with one attached hydrogen (secondary N) is 3. The second-order valence-corrected chi connectivity index (χ2v) is 8.48. The fraction of sp³-hybridized carbons (Fsp3) is 0.429. The minimum atomic E-state index is 0.319. The lowest BCUT2D eigenvalue weighted by atomic mass is 9.98. The number of amidine groups is 1. The van der Waals surface area contributed by atoms with Crippen LogP contribution in [0, 0.1) is 5.92 Å². The molecule has 0 saturated carbocycles. The summed E-state index contributed by atoms with van der Waals surface area (Å²) in [5.74, 6) is 2.08. The van der Waals surface area contributed by atoms with E-state index in [0.717, 1.165) is 48.8 Å². The summed E-state index contributed by atoms with van der Waals surface area (Å²) in [6.07, 6.45) is 3.95. The second-order valence-electron chi connectivity index (χ2n) is 7.63. The van der Waals surface area contributed by atoms with Crippen LogP contribution >= 0.6 is 23.2 Å². The summed E-state index contributed by atoms with van der Waals surface area (Å²) < 4.78 is 6.06. The highest BCUT2D eigenvalue weighted by Gasteiger charge is 2.27. The molecule has 0 aliphatic carbocycles. The van der Waals surface area contributed by atoms with Gasteiger partial charge in [0, 0.05) is 36.1 Å². The largest absolute Gasteiger partial charge is 0.421 e. The molecule has 166 valence electrons. The first kappa shape index (κ1) is 21.8. The number of hydrogen-bond acceptors (Lipinski definition) is 8. The quantitative estimate of drug-likeness (QED) is 0.534. The van der Waals surface area contributed by atoms with Crippen molar-refractivity contribution in [3.63, 3.8) is 0 Å². The van der Waals surface area contributed by atoms with E-state index in [1.54, 1.807) is 12.1 Å². The van der Waals surface area contributed by atoms with Crippen molar-refractivity contribution in [2.75, 3.05) is 33.2 Å². The summed E-state index contributed by atoms with van der Waals surface area (Å²) in [4.78, 5) is 6.56. The molecule has 31 heavy (non-hydrogen) atoms. The topological polar surface area (TPSA) is 99.3 Å². The van der Waals surface area contributed by atoms with Crippen LogP contribution in [0.3, 0.4) is 0 Å². The Bertz CT molecular complexity index is 951. The Labute approximate surface area is 192 Å². The average Bonchev–Trinajstić information content (AvgIpc) is 3.27. The Balaban J connectivity index is 1.57. The number of likely N-dealkylation sites (N-methyl/N-ethyl adjacent to an activating group) is 1. The van der Waals surface area contributed by atoms with Crippen molar-refractivity contribution in [2.24, 2.45) is 21.7 Å². The van der Waals surface area contributed by atoms with Crippen LogP contribution in [0.25, 0.3) is 0 Å². The molecule has 0 aromatic heterocycles. The van der Waals surface area contributed by atoms with E-state index in [2.05, 4.69) is 31.1 Å². The molecule has 3 heterocycles. The molecular formula is C21H27Cl2N7O. The van der Waals surface area contributed by atoms with E-state index in [4.69, 9.17) is 33.7 Å². The number of benzene rings is 1. The van der Waals surface area contributed by atoms with E-state index in [-0.39, 0.29) is 0 Å². The van der Waals surface area contributed by atoms with E-state index in [9.17, 15) is 0 Å². The summed E-state index contributed by atoms with van der Waals surface area (Å²) in [6.45, 7) is 3.85. The monoisotopic (exact) mass is 463 g/mol. The first-order chi connectivity index (χ1) is 15.0. The van der Waals surface area contributed by atoms with Gasteiger partial charge in [-0.25, -0.2) is 5.43 Å². The highest BCUT2D eigenvalue weighted by atomic mass is 35.5. The van der Waals surface area contributed by atoms with Crippen molar-refractivity contribution < 1.29 is 4.74 Å². The number of ether oxygens (including phenoxy) is 1. The zero-order chi connectivity index (χ0) is 21.8. The molecule has 0 bridgehead atoms. The summed E-state index contributed by atoms with van der Waals surface area (Å²) in [5, 5.41) is 12.3. The van der Waals surface area contributed by atoms with Gasteiger partial charge in [-0.3, -0.25) is 4.99 Å². The zero-order valence-corrected chi connectivity index (χ0v) is 18.9. The second kappa shape index (κ2) is 9.80. The number of piperidine rings is 1. The maximum Gasteiger partial charge on any atom is 0.238 e. The van der Waals surface area contributed by atoms with E-state index < -0.39 is 0 Å². The molecule has 1 fully saturated rings. The molecule has 10 heteroatoms. The molecular weight excluding hydrogens is 437 g/mol. The third-order valence-electron chi connectivity index (χ3n) is 5.58. The van der Waals surface area contributed by atoms with Crippen LogP contribution < -0.4 is 21.8 Å². The van der Waals surface area contributed by atoms with Crippen LogP contribution in [0.15, 0.2) is 51.6 Å². The molecule has 0 atom stereocenters. The number of aliphatic imine (C=N–C) groups is 1. The van der Waals surface area contributed by atoms with Crippen LogP contribution in [0.1, 0.15) is 18.4 Å². The predicted molar refractivity (Wildman–Crippen MR) is 125 cm³/mol. The smallest absolute Gasteiger partial charge is 0.238 e. The molecule has 5 N–H and O–H groups in total. The summed E-state index contributed by atoms with van der Waals surface area (Å²) in [6, 6.07) is 5.46. The Kier molecular flexibility index (Phi) is 6.89. The van der Waals surface area contributed by atoms with Gasteiger partial charge < -0.3 is 26.0 Å². The van der Waals surface area contributed by atoms with Gasteiger partial charge in [-0.1, -0.05) is 23.2 Å². The Hall–Kier alpha value is -2.42. The number of rotatable bonds is 5. The fourth-order valence-electron chi connectivity index (χ4n) is 3.86. The highest BCUT2D eigenvalue weighted by Crippen LogP contribution is 2.26. The summed E-state index contributed by atoms with van der Waals surface area (Å²) >= 11 is 12.6. The predicted octanol–water partition coefficient (Wildman–Crippen LogP) is 2.37. The molecule has 8 nitrogen and oxygen atoms in total. The van der Waals surface area contributed by atoms with E-state index in [1.165, 1.54) is 0 Å². The molecule has 0 radical (unpaired) electrons. The number of allylic oxidation sites excluding steroid dienone is 1. The normalized spacial score (nSPS) is 22.5. The van der Waals surface area contributed by atoms with Gasteiger partial charge in [0.15, 0.2) is 0 Å². The number of nitrogens with two attached hydrogens (primary N) is 1. The molecule has 1 aromatic carbocycles. The van der Waals surface area contributed by atoms with Crippen molar-refractivity contribution >= 4 is 34.9 Å². The highest BCUT2D eigenvalue weighted by molar-refractivity contribution is 6.33. The lowest BCUT2D eigenvalue weighted by Gasteiger charge is -2.30. The minimum absolute atomic E-state index is 0.319. The number of halogens is 2. The zero-order valence-electron chi connectivity index (χ0n) is 17.4. The number of hydrazone groups is 1. The van der Waals surface area contributed by atoms with Crippen molar-refractivity contribution in [1.82, 2.24) is 21.0 Å². The van der Waals surface area contributed by atoms with Crippen LogP contribution in [0.4, 0.5) is 0 Å². The molecule has 3 aliphatic rings. The molecule has 3 aliphatic heterocycles. The van der Waals surface area contributed by atoms with Crippen LogP contribution in [0.2, 0.25) is 10.0 Å². The van der Waals surface area contributed by atoms with Crippen LogP contribution in [-0.4, -0.2) is 49.9 Å². The van der Waals surface area contributed by atoms with Crippen molar-refractivity contribution in [3.05, 3.63) is 57.2 Å². The molecule has 0 amide bonds. The molecule has 4 rings (SSSR count). The average molecular weight is 464 g/mol. The minimum Gasteiger partial charge on any atom is -0.421 e. The van der Waals surface area contributed by atoms with Gasteiger partial charge in [0.05, 0.1) is 17.9 Å². The molecule has 1 saturated heterocycles. The SMILES string of the molecule is CNC(C=C1C(N)=NCCN1Cc1cc(Cl)ccc1Cl)=C1NN=C(C2CCNCC2)O1. The van der Waals surface area contributed by atoms with E-state index >= 15 is 0 Å². The van der Waals surface area contributed by atoms with Gasteiger partial charge in [-0.2, -0.15) is 0 Å². The first-order valence-corrected chi connectivity index (χ1v) is 11.2. The molecule has 0 unspecified atom stereocenters. The maximum atomic E-state index is 6.39. The lowest BCUT2D eigenvalue weighted by molar-refractivity contribution is 0.343. The Morgan fingerprint density at radius 3 is 2.94 bits per heavy atom. The molecule has 0 spiro atoms. The summed E-state index contributed by atoms with van der Waals surface area (Å²) in [5.41, 5.74) is 11.8. The van der Waals surface area contributed by atoms with E-state index in [1.807, 2.05) is 19.2 Å². The Morgan fingerprint density at radius 2 is 2.16 bits per heavy atom. The third kappa shape index (κ3) is 5.08. The van der Waals surface area contributed by atoms with Crippen LogP contribution in [-0.2, 0) is 11.3 Å². The van der Waals surface area contributed by atoms with E-state index in [0.29, 0.717) is 47.3 Å². The van der Waals surface area contributed by atoms with Crippen molar-refractivity contribution in [1.29, 1.82) is 0 Å². The number of nitrogens with zero attached hydrogens (tertiary/aromatic N) is 3. The molecule has 1 aromatic rings. The fourth-order valence-corrected chi connectivity index (χ4v) is 4.23. The van der Waals surface area contributed by atoms with Gasteiger partial charge in [0.1, 0.15) is 5.84 Å². The standard InChI is InChI=1S/C21H27Cl2N7O/c1-25-17(21-29-28-20(31-21)13-4-6-26-7-5-13)11-18-19(24)27-8-9-30(18)12-14-10-15(22)2-3-16(14)23/h2-3,10-11,13,25-26,29H,4-9,12H2,1H3,(H2,24,27). The summed E-state index contributed by atoms with van der Waals surface area (Å²) in [7, 11) is 1.83. The maximum absolute atomic E-state index is 6.39. The Morgan fingerprint density at radius 1 is 1.35 bits per heavy atom. The van der Waals surface area contributed by atoms with Gasteiger partial charge in [-0.15, -0.1) is 5.10 Å². The van der Waals surface area contributed by atoms with Gasteiger partial charge >= 0.3 is 0 Å².